The van der Waals surface area contributed by atoms with Crippen molar-refractivity contribution in [3.63, 3.8) is 0 Å². The minimum atomic E-state index is -0.379. The number of carbonyl (C=O) groups excluding carboxylic acids is 2. The number of fused-ring (bicyclic) bond motifs is 3. The number of nitrogens with one attached hydrogen (secondary N) is 1. The van der Waals surface area contributed by atoms with Crippen LogP contribution in [0.3, 0.4) is 0 Å². The topological polar surface area (TPSA) is 86.0 Å². The van der Waals surface area contributed by atoms with Gasteiger partial charge in [0.2, 0.25) is 5.91 Å². The van der Waals surface area contributed by atoms with Crippen LogP contribution in [-0.4, -0.2) is 26.0 Å². The molecule has 7 heteroatoms. The fourth-order valence-electron chi connectivity index (χ4n) is 4.16. The Labute approximate surface area is 195 Å². The van der Waals surface area contributed by atoms with Gasteiger partial charge in [-0.15, -0.1) is 0 Å². The molecule has 5 aromatic rings. The highest BCUT2D eigenvalue weighted by Gasteiger charge is 2.17. The Balaban J connectivity index is 1.50. The molecule has 0 spiro atoms. The highest BCUT2D eigenvalue weighted by Crippen LogP contribution is 2.27. The average Bonchev–Trinajstić information content (AvgIpc) is 3.16. The SMILES string of the molecule is CC(=O)c1ccc(NC(=O)Cn2ncc3c4ccccc4n(Cc4ccccc4)c3c2=O)cc1. The van der Waals surface area contributed by atoms with Crippen molar-refractivity contribution in [3.05, 3.63) is 107 Å². The predicted molar refractivity (Wildman–Crippen MR) is 132 cm³/mol. The number of carbonyl (C=O) groups is 2. The number of nitrogens with zero attached hydrogens (tertiary/aromatic N) is 3. The van der Waals surface area contributed by atoms with E-state index in [4.69, 9.17) is 0 Å². The molecule has 34 heavy (non-hydrogen) atoms. The van der Waals surface area contributed by atoms with E-state index in [0.29, 0.717) is 23.3 Å². The first-order valence-corrected chi connectivity index (χ1v) is 10.9. The first kappa shape index (κ1) is 21.3. The summed E-state index contributed by atoms with van der Waals surface area (Å²) in [5.41, 5.74) is 3.30. The fourth-order valence-corrected chi connectivity index (χ4v) is 4.16. The number of hydrogen-bond donors (Lipinski definition) is 1. The molecule has 0 aliphatic carbocycles. The molecule has 168 valence electrons. The Bertz CT molecular complexity index is 1580. The number of rotatable bonds is 6. The summed E-state index contributed by atoms with van der Waals surface area (Å²) in [5.74, 6) is -0.428. The summed E-state index contributed by atoms with van der Waals surface area (Å²) in [5, 5.41) is 8.74. The second kappa shape index (κ2) is 8.78. The van der Waals surface area contributed by atoms with E-state index in [0.717, 1.165) is 21.9 Å². The van der Waals surface area contributed by atoms with Gasteiger partial charge < -0.3 is 9.88 Å². The van der Waals surface area contributed by atoms with E-state index in [-0.39, 0.29) is 23.8 Å². The molecule has 1 N–H and O–H groups in total. The van der Waals surface area contributed by atoms with Crippen molar-refractivity contribution in [1.29, 1.82) is 0 Å². The minimum absolute atomic E-state index is 0.0483. The summed E-state index contributed by atoms with van der Waals surface area (Å²) in [6, 6.07) is 24.4. The van der Waals surface area contributed by atoms with E-state index in [1.54, 1.807) is 30.5 Å². The lowest BCUT2D eigenvalue weighted by molar-refractivity contribution is -0.117. The van der Waals surface area contributed by atoms with E-state index in [2.05, 4.69) is 10.4 Å². The highest BCUT2D eigenvalue weighted by molar-refractivity contribution is 6.07. The zero-order valence-electron chi connectivity index (χ0n) is 18.6. The molecule has 5 rings (SSSR count). The Morgan fingerprint density at radius 1 is 0.882 bits per heavy atom. The molecule has 3 aromatic carbocycles. The summed E-state index contributed by atoms with van der Waals surface area (Å²) in [4.78, 5) is 37.6. The highest BCUT2D eigenvalue weighted by atomic mass is 16.2. The molecule has 0 aliphatic heterocycles. The molecule has 2 heterocycles. The van der Waals surface area contributed by atoms with Crippen molar-refractivity contribution >= 4 is 39.2 Å². The van der Waals surface area contributed by atoms with Crippen LogP contribution >= 0.6 is 0 Å². The van der Waals surface area contributed by atoms with Crippen LogP contribution in [0.15, 0.2) is 89.9 Å². The molecular weight excluding hydrogens is 428 g/mol. The fraction of sp³-hybridized carbons (Fsp3) is 0.111. The molecule has 0 saturated heterocycles. The Morgan fingerprint density at radius 3 is 2.32 bits per heavy atom. The maximum Gasteiger partial charge on any atom is 0.291 e. The number of para-hydroxylation sites is 1. The second-order valence-corrected chi connectivity index (χ2v) is 8.14. The maximum atomic E-state index is 13.5. The summed E-state index contributed by atoms with van der Waals surface area (Å²) in [6.07, 6.45) is 1.65. The molecule has 1 amide bonds. The van der Waals surface area contributed by atoms with Gasteiger partial charge in [-0.1, -0.05) is 48.5 Å². The lowest BCUT2D eigenvalue weighted by Crippen LogP contribution is -2.30. The maximum absolute atomic E-state index is 13.5. The van der Waals surface area contributed by atoms with E-state index in [1.807, 2.05) is 59.2 Å². The van der Waals surface area contributed by atoms with E-state index < -0.39 is 0 Å². The molecule has 2 aromatic heterocycles. The van der Waals surface area contributed by atoms with Crippen LogP contribution < -0.4 is 10.9 Å². The first-order chi connectivity index (χ1) is 16.5. The number of anilines is 1. The summed E-state index contributed by atoms with van der Waals surface area (Å²) >= 11 is 0. The number of aromatic nitrogens is 3. The van der Waals surface area contributed by atoms with Crippen molar-refractivity contribution in [2.45, 2.75) is 20.0 Å². The van der Waals surface area contributed by atoms with Crippen molar-refractivity contribution in [1.82, 2.24) is 14.3 Å². The largest absolute Gasteiger partial charge is 0.331 e. The monoisotopic (exact) mass is 450 g/mol. The molecular formula is C27H22N4O3. The predicted octanol–water partition coefficient (Wildman–Crippen LogP) is 4.24. The zero-order valence-corrected chi connectivity index (χ0v) is 18.6. The van der Waals surface area contributed by atoms with Gasteiger partial charge in [0.15, 0.2) is 5.78 Å². The van der Waals surface area contributed by atoms with Gasteiger partial charge in [-0.25, -0.2) is 4.68 Å². The quantitative estimate of drug-likeness (QED) is 0.392. The van der Waals surface area contributed by atoms with Gasteiger partial charge in [-0.3, -0.25) is 14.4 Å². The molecule has 7 nitrogen and oxygen atoms in total. The van der Waals surface area contributed by atoms with Crippen LogP contribution in [0.2, 0.25) is 0 Å². The van der Waals surface area contributed by atoms with Gasteiger partial charge in [-0.2, -0.15) is 5.10 Å². The van der Waals surface area contributed by atoms with Crippen LogP contribution in [0, 0.1) is 0 Å². The third-order valence-electron chi connectivity index (χ3n) is 5.83. The van der Waals surface area contributed by atoms with Crippen LogP contribution in [0.4, 0.5) is 5.69 Å². The third kappa shape index (κ3) is 3.99. The van der Waals surface area contributed by atoms with E-state index in [1.165, 1.54) is 11.6 Å². The lowest BCUT2D eigenvalue weighted by Gasteiger charge is -2.10. The first-order valence-electron chi connectivity index (χ1n) is 10.9. The van der Waals surface area contributed by atoms with Crippen molar-refractivity contribution in [3.8, 4) is 0 Å². The molecule has 0 fully saturated rings. The van der Waals surface area contributed by atoms with E-state index >= 15 is 0 Å². The second-order valence-electron chi connectivity index (χ2n) is 8.14. The number of Topliss-reactive ketones (excluding diaryl/α,β-unsaturated/α-hetero) is 1. The molecule has 0 radical (unpaired) electrons. The van der Waals surface area contributed by atoms with Crippen LogP contribution in [0.5, 0.6) is 0 Å². The van der Waals surface area contributed by atoms with Gasteiger partial charge in [0.25, 0.3) is 5.56 Å². The van der Waals surface area contributed by atoms with Crippen molar-refractivity contribution in [2.75, 3.05) is 5.32 Å². The van der Waals surface area contributed by atoms with Gasteiger partial charge in [0, 0.05) is 34.1 Å². The lowest BCUT2D eigenvalue weighted by atomic mass is 10.1. The van der Waals surface area contributed by atoms with E-state index in [9.17, 15) is 14.4 Å². The smallest absolute Gasteiger partial charge is 0.291 e. The Hall–Kier alpha value is -4.52. The minimum Gasteiger partial charge on any atom is -0.331 e. The molecule has 0 atom stereocenters. The van der Waals surface area contributed by atoms with Gasteiger partial charge in [0.05, 0.1) is 6.20 Å². The summed E-state index contributed by atoms with van der Waals surface area (Å²) in [6.45, 7) is 1.79. The standard InChI is InChI=1S/C27H22N4O3/c1-18(32)20-11-13-21(14-12-20)29-25(33)17-31-27(34)26-23(15-28-31)22-9-5-6-10-24(22)30(26)16-19-7-3-2-4-8-19/h2-15H,16-17H2,1H3,(H,29,33). The molecule has 0 saturated carbocycles. The van der Waals surface area contributed by atoms with Gasteiger partial charge >= 0.3 is 0 Å². The average molecular weight is 450 g/mol. The number of hydrogen-bond acceptors (Lipinski definition) is 4. The zero-order chi connectivity index (χ0) is 23.7. The normalized spacial score (nSPS) is 11.1. The van der Waals surface area contributed by atoms with Crippen molar-refractivity contribution in [2.24, 2.45) is 0 Å². The summed E-state index contributed by atoms with van der Waals surface area (Å²) < 4.78 is 3.17. The summed E-state index contributed by atoms with van der Waals surface area (Å²) in [7, 11) is 0. The van der Waals surface area contributed by atoms with Crippen molar-refractivity contribution < 1.29 is 9.59 Å². The van der Waals surface area contributed by atoms with Crippen LogP contribution in [-0.2, 0) is 17.9 Å². The molecule has 0 aliphatic rings. The number of benzene rings is 3. The van der Waals surface area contributed by atoms with Crippen LogP contribution in [0.25, 0.3) is 21.8 Å². The number of amides is 1. The van der Waals surface area contributed by atoms with Gasteiger partial charge in [0.1, 0.15) is 12.1 Å². The van der Waals surface area contributed by atoms with Gasteiger partial charge in [-0.05, 0) is 42.8 Å². The Kier molecular flexibility index (Phi) is 5.51. The van der Waals surface area contributed by atoms with Crippen LogP contribution in [0.1, 0.15) is 22.8 Å². The Morgan fingerprint density at radius 2 is 1.59 bits per heavy atom. The third-order valence-corrected chi connectivity index (χ3v) is 5.83. The number of ketones is 1. The molecule has 0 bridgehead atoms. The molecule has 0 unspecified atom stereocenters.